The van der Waals surface area contributed by atoms with Crippen LogP contribution in [-0.2, 0) is 14.6 Å². The van der Waals surface area contributed by atoms with Crippen LogP contribution in [0.15, 0.2) is 53.8 Å². The van der Waals surface area contributed by atoms with Crippen molar-refractivity contribution in [3.8, 4) is 0 Å². The van der Waals surface area contributed by atoms with Crippen molar-refractivity contribution in [3.63, 3.8) is 0 Å². The van der Waals surface area contributed by atoms with E-state index >= 15 is 0 Å². The van der Waals surface area contributed by atoms with E-state index in [1.54, 1.807) is 38.1 Å². The van der Waals surface area contributed by atoms with Gasteiger partial charge >= 0.3 is 6.03 Å². The summed E-state index contributed by atoms with van der Waals surface area (Å²) in [6.45, 7) is 18.0. The second-order valence-electron chi connectivity index (χ2n) is 7.78. The molecule has 2 amide bonds. The van der Waals surface area contributed by atoms with Crippen molar-refractivity contribution in [2.45, 2.75) is 49.5 Å². The van der Waals surface area contributed by atoms with Crippen molar-refractivity contribution >= 4 is 45.0 Å². The number of aromatic nitrogens is 3. The minimum Gasteiger partial charge on any atom is -0.333 e. The summed E-state index contributed by atoms with van der Waals surface area (Å²) >= 11 is 10.8. The van der Waals surface area contributed by atoms with Gasteiger partial charge in [0.15, 0.2) is 4.84 Å². The quantitative estimate of drug-likeness (QED) is 0.335. The van der Waals surface area contributed by atoms with Crippen molar-refractivity contribution < 1.29 is 18.0 Å². The number of amides is 2. The number of alkyl halides is 2. The Morgan fingerprint density at radius 2 is 1.53 bits per heavy atom. The summed E-state index contributed by atoms with van der Waals surface area (Å²) in [6, 6.07) is 3.21. The first kappa shape index (κ1) is 31.3. The van der Waals surface area contributed by atoms with Gasteiger partial charge in [-0.1, -0.05) is 53.1 Å². The maximum atomic E-state index is 12.9. The molecule has 1 aromatic heterocycles. The minimum atomic E-state index is -3.88. The van der Waals surface area contributed by atoms with E-state index in [2.05, 4.69) is 23.2 Å². The number of hydrogen-bond acceptors (Lipinski definition) is 6. The maximum Gasteiger partial charge on any atom is 0.346 e. The van der Waals surface area contributed by atoms with E-state index in [1.807, 2.05) is 20.8 Å². The highest BCUT2D eigenvalue weighted by atomic mass is 35.5. The summed E-state index contributed by atoms with van der Waals surface area (Å²) in [5, 5.41) is 3.54. The molecule has 0 bridgehead atoms. The molecule has 0 atom stereocenters. The molecule has 2 aromatic rings. The van der Waals surface area contributed by atoms with Crippen LogP contribution in [0.4, 0.5) is 4.79 Å². The molecule has 0 aliphatic rings. The summed E-state index contributed by atoms with van der Waals surface area (Å²) in [4.78, 5) is 29.5. The molecule has 0 fully saturated rings. The maximum absolute atomic E-state index is 12.9. The van der Waals surface area contributed by atoms with E-state index in [0.717, 1.165) is 16.6 Å². The molecular weight excluding hydrogens is 525 g/mol. The fourth-order valence-corrected chi connectivity index (χ4v) is 5.29. The van der Waals surface area contributed by atoms with Crippen LogP contribution >= 0.6 is 23.2 Å². The van der Waals surface area contributed by atoms with Crippen LogP contribution in [0.5, 0.6) is 0 Å². The average molecular weight is 559 g/mol. The van der Waals surface area contributed by atoms with Gasteiger partial charge in [0.2, 0.25) is 9.84 Å². The minimum absolute atomic E-state index is 0.195. The zero-order chi connectivity index (χ0) is 27.6. The standard InChI is InChI=1S/C16H22N4O3S.C8H11Cl2NO/c1-6-19(7-2)16(21)20-10-17-15(18-20)24(22,23)14-12(4)8-11(3)9-13(14)5;1-3-5-11(6-4-2)8(12)7(9)10/h8-10H,6-7H2,1-5H3;3-4,7H,1-2,5-6H2. The summed E-state index contributed by atoms with van der Waals surface area (Å²) in [6.07, 6.45) is 4.36. The molecule has 0 spiro atoms. The Hall–Kier alpha value is -2.69. The van der Waals surface area contributed by atoms with E-state index < -0.39 is 20.7 Å². The third kappa shape index (κ3) is 7.91. The van der Waals surface area contributed by atoms with Gasteiger partial charge < -0.3 is 9.80 Å². The molecule has 0 aliphatic heterocycles. The molecule has 0 N–H and O–H groups in total. The predicted octanol–water partition coefficient (Wildman–Crippen LogP) is 4.34. The Bertz CT molecular complexity index is 1160. The van der Waals surface area contributed by atoms with E-state index in [4.69, 9.17) is 23.2 Å². The molecule has 0 radical (unpaired) electrons. The first-order valence-corrected chi connectivity index (χ1v) is 13.5. The van der Waals surface area contributed by atoms with Crippen molar-refractivity contribution in [2.24, 2.45) is 0 Å². The second-order valence-corrected chi connectivity index (χ2v) is 10.7. The Balaban J connectivity index is 0.000000457. The molecule has 0 saturated carbocycles. The van der Waals surface area contributed by atoms with Gasteiger partial charge in [-0.25, -0.2) is 18.2 Å². The van der Waals surface area contributed by atoms with E-state index in [1.165, 1.54) is 9.80 Å². The highest BCUT2D eigenvalue weighted by Gasteiger charge is 2.28. The lowest BCUT2D eigenvalue weighted by atomic mass is 10.1. The van der Waals surface area contributed by atoms with Crippen LogP contribution < -0.4 is 0 Å². The molecule has 2 rings (SSSR count). The molecule has 9 nitrogen and oxygen atoms in total. The van der Waals surface area contributed by atoms with Crippen LogP contribution in [0.3, 0.4) is 0 Å². The molecule has 0 saturated heterocycles. The molecule has 36 heavy (non-hydrogen) atoms. The van der Waals surface area contributed by atoms with Gasteiger partial charge in [-0.3, -0.25) is 4.79 Å². The topological polar surface area (TPSA) is 105 Å². The van der Waals surface area contributed by atoms with Gasteiger partial charge in [-0.05, 0) is 45.7 Å². The SMILES string of the molecule is C=CCN(CC=C)C(=O)C(Cl)Cl.CCN(CC)C(=O)n1cnc(S(=O)(=O)c2c(C)cc(C)cc2C)n1. The largest absolute Gasteiger partial charge is 0.346 e. The highest BCUT2D eigenvalue weighted by Crippen LogP contribution is 2.26. The molecule has 0 aliphatic carbocycles. The van der Waals surface area contributed by atoms with E-state index in [9.17, 15) is 18.0 Å². The van der Waals surface area contributed by atoms with Crippen molar-refractivity contribution in [1.82, 2.24) is 24.6 Å². The first-order valence-electron chi connectivity index (χ1n) is 11.2. The lowest BCUT2D eigenvalue weighted by Gasteiger charge is -2.19. The van der Waals surface area contributed by atoms with Crippen LogP contribution in [-0.4, -0.2) is 75.9 Å². The fraction of sp³-hybridized carbons (Fsp3) is 0.417. The van der Waals surface area contributed by atoms with Crippen LogP contribution in [0.1, 0.15) is 30.5 Å². The van der Waals surface area contributed by atoms with Gasteiger partial charge in [-0.2, -0.15) is 4.68 Å². The number of rotatable bonds is 9. The molecule has 0 unspecified atom stereocenters. The van der Waals surface area contributed by atoms with Gasteiger partial charge in [0, 0.05) is 26.2 Å². The monoisotopic (exact) mass is 557 g/mol. The summed E-state index contributed by atoms with van der Waals surface area (Å²) < 4.78 is 26.7. The van der Waals surface area contributed by atoms with Crippen LogP contribution in [0, 0.1) is 20.8 Å². The van der Waals surface area contributed by atoms with Crippen molar-refractivity contribution in [2.75, 3.05) is 26.2 Å². The Labute approximate surface area is 223 Å². The number of nitrogens with zero attached hydrogens (tertiary/aromatic N) is 5. The Morgan fingerprint density at radius 3 is 1.94 bits per heavy atom. The second kappa shape index (κ2) is 14.2. The number of sulfone groups is 1. The molecule has 12 heteroatoms. The van der Waals surface area contributed by atoms with E-state index in [0.29, 0.717) is 37.3 Å². The Morgan fingerprint density at radius 1 is 1.03 bits per heavy atom. The summed E-state index contributed by atoms with van der Waals surface area (Å²) in [5.41, 5.74) is 2.26. The highest BCUT2D eigenvalue weighted by molar-refractivity contribution is 7.91. The molecule has 1 aromatic carbocycles. The van der Waals surface area contributed by atoms with E-state index in [-0.39, 0.29) is 16.0 Å². The number of carbonyl (C=O) groups is 2. The van der Waals surface area contributed by atoms with Crippen LogP contribution in [0.25, 0.3) is 0 Å². The van der Waals surface area contributed by atoms with Gasteiger partial charge in [0.1, 0.15) is 6.33 Å². The lowest BCUT2D eigenvalue weighted by Crippen LogP contribution is -2.35. The molecular formula is C24H33Cl2N5O4S. The number of halogens is 2. The molecule has 1 heterocycles. The number of aryl methyl sites for hydroxylation is 3. The third-order valence-electron chi connectivity index (χ3n) is 5.01. The number of carbonyl (C=O) groups excluding carboxylic acids is 2. The smallest absolute Gasteiger partial charge is 0.333 e. The Kier molecular flexibility index (Phi) is 12.3. The van der Waals surface area contributed by atoms with Gasteiger partial charge in [0.05, 0.1) is 4.90 Å². The lowest BCUT2D eigenvalue weighted by molar-refractivity contribution is -0.128. The number of hydrogen-bond donors (Lipinski definition) is 0. The van der Waals surface area contributed by atoms with Crippen molar-refractivity contribution in [3.05, 3.63) is 60.5 Å². The zero-order valence-electron chi connectivity index (χ0n) is 21.2. The summed E-state index contributed by atoms with van der Waals surface area (Å²) in [5.74, 6) is -0.321. The predicted molar refractivity (Wildman–Crippen MR) is 142 cm³/mol. The van der Waals surface area contributed by atoms with Gasteiger partial charge in [-0.15, -0.1) is 18.3 Å². The summed E-state index contributed by atoms with van der Waals surface area (Å²) in [7, 11) is -3.88. The van der Waals surface area contributed by atoms with Crippen molar-refractivity contribution in [1.29, 1.82) is 0 Å². The third-order valence-corrected chi connectivity index (χ3v) is 7.23. The average Bonchev–Trinajstić information content (AvgIpc) is 3.30. The van der Waals surface area contributed by atoms with Gasteiger partial charge in [0.25, 0.3) is 11.1 Å². The molecule has 198 valence electrons. The normalized spacial score (nSPS) is 10.9. The first-order chi connectivity index (χ1) is 16.8. The number of benzene rings is 1. The fourth-order valence-electron chi connectivity index (χ4n) is 3.49. The van der Waals surface area contributed by atoms with Crippen LogP contribution in [0.2, 0.25) is 0 Å². The zero-order valence-corrected chi connectivity index (χ0v) is 23.6.